The van der Waals surface area contributed by atoms with E-state index < -0.39 is 12.0 Å². The van der Waals surface area contributed by atoms with Crippen molar-refractivity contribution >= 4 is 39.3 Å². The third-order valence-electron chi connectivity index (χ3n) is 5.16. The molecule has 0 saturated heterocycles. The Labute approximate surface area is 184 Å². The molecule has 0 spiro atoms. The Kier molecular flexibility index (Phi) is 5.33. The number of halogens is 1. The molecule has 1 aliphatic heterocycles. The van der Waals surface area contributed by atoms with E-state index in [0.717, 1.165) is 21.3 Å². The molecule has 0 amide bonds. The molecule has 154 valence electrons. The summed E-state index contributed by atoms with van der Waals surface area (Å²) in [7, 11) is 3.15. The Hall–Kier alpha value is -2.78. The molecule has 1 aliphatic rings. The average molecular weight is 487 g/mol. The van der Waals surface area contributed by atoms with E-state index in [4.69, 9.17) is 4.74 Å². The quantitative estimate of drug-likeness (QED) is 0.531. The average Bonchev–Trinajstić information content (AvgIpc) is 3.21. The Morgan fingerprint density at radius 2 is 1.97 bits per heavy atom. The molecular formula is C21H19BrN4O3S. The largest absolute Gasteiger partial charge is 0.466 e. The number of carbonyl (C=O) groups is 1. The minimum atomic E-state index is -0.644. The van der Waals surface area contributed by atoms with Crippen molar-refractivity contribution < 1.29 is 9.53 Å². The van der Waals surface area contributed by atoms with E-state index in [0.29, 0.717) is 20.6 Å². The van der Waals surface area contributed by atoms with Crippen LogP contribution >= 0.6 is 27.3 Å². The van der Waals surface area contributed by atoms with E-state index >= 15 is 0 Å². The predicted molar refractivity (Wildman–Crippen MR) is 118 cm³/mol. The number of nitrogens with zero attached hydrogens (tertiary/aromatic N) is 4. The molecule has 0 unspecified atom stereocenters. The summed E-state index contributed by atoms with van der Waals surface area (Å²) in [5.74, 6) is -0.508. The lowest BCUT2D eigenvalue weighted by molar-refractivity contribution is -0.136. The monoisotopic (exact) mass is 486 g/mol. The maximum atomic E-state index is 13.4. The van der Waals surface area contributed by atoms with Crippen LogP contribution in [0.5, 0.6) is 0 Å². The van der Waals surface area contributed by atoms with Gasteiger partial charge >= 0.3 is 5.97 Å². The van der Waals surface area contributed by atoms with Crippen LogP contribution in [0.2, 0.25) is 0 Å². The number of allylic oxidation sites excluding steroid dienone is 1. The zero-order chi connectivity index (χ0) is 21.6. The van der Waals surface area contributed by atoms with Crippen LogP contribution in [-0.2, 0) is 16.6 Å². The molecule has 9 heteroatoms. The number of fused-ring (bicyclic) bond motifs is 1. The SMILES string of the molecule is COC(=O)C1=C(C)N=c2s/c(=C/c3ccc(Br)cc3)c(=O)n2[C@H]1c1cnn(C)c1C. The maximum Gasteiger partial charge on any atom is 0.338 e. The van der Waals surface area contributed by atoms with E-state index in [1.807, 2.05) is 44.3 Å². The van der Waals surface area contributed by atoms with Crippen LogP contribution in [0.3, 0.4) is 0 Å². The fourth-order valence-electron chi connectivity index (χ4n) is 3.48. The number of aromatic nitrogens is 3. The highest BCUT2D eigenvalue weighted by molar-refractivity contribution is 9.10. The van der Waals surface area contributed by atoms with Gasteiger partial charge in [-0.05, 0) is 37.6 Å². The molecule has 1 atom stereocenters. The van der Waals surface area contributed by atoms with Crippen LogP contribution in [0, 0.1) is 6.92 Å². The molecule has 2 aromatic heterocycles. The molecule has 1 aromatic carbocycles. The number of hydrogen-bond donors (Lipinski definition) is 0. The predicted octanol–water partition coefficient (Wildman–Crippen LogP) is 2.21. The summed E-state index contributed by atoms with van der Waals surface area (Å²) in [5, 5.41) is 4.31. The second-order valence-corrected chi connectivity index (χ2v) is 8.86. The van der Waals surface area contributed by atoms with Gasteiger partial charge in [0.15, 0.2) is 4.80 Å². The molecule has 0 bridgehead atoms. The zero-order valence-corrected chi connectivity index (χ0v) is 19.2. The normalized spacial score (nSPS) is 16.4. The van der Waals surface area contributed by atoms with Gasteiger partial charge < -0.3 is 4.74 Å². The number of benzene rings is 1. The van der Waals surface area contributed by atoms with Crippen molar-refractivity contribution in [2.45, 2.75) is 19.9 Å². The molecular weight excluding hydrogens is 468 g/mol. The van der Waals surface area contributed by atoms with Gasteiger partial charge in [0.25, 0.3) is 5.56 Å². The molecule has 3 heterocycles. The summed E-state index contributed by atoms with van der Waals surface area (Å²) >= 11 is 4.72. The number of methoxy groups -OCH3 is 1. The van der Waals surface area contributed by atoms with E-state index in [1.165, 1.54) is 18.4 Å². The van der Waals surface area contributed by atoms with Crippen molar-refractivity contribution in [2.75, 3.05) is 7.11 Å². The van der Waals surface area contributed by atoms with E-state index in [2.05, 4.69) is 26.0 Å². The topological polar surface area (TPSA) is 78.5 Å². The van der Waals surface area contributed by atoms with Gasteiger partial charge in [-0.1, -0.05) is 39.4 Å². The first-order valence-electron chi connectivity index (χ1n) is 9.16. The first-order chi connectivity index (χ1) is 14.3. The molecule has 4 rings (SSSR count). The minimum Gasteiger partial charge on any atom is -0.466 e. The van der Waals surface area contributed by atoms with Crippen LogP contribution in [0.15, 0.2) is 56.0 Å². The Morgan fingerprint density at radius 1 is 1.27 bits per heavy atom. The number of thiazole rings is 1. The minimum absolute atomic E-state index is 0.205. The molecule has 0 fully saturated rings. The second-order valence-electron chi connectivity index (χ2n) is 6.93. The third-order valence-corrected chi connectivity index (χ3v) is 6.67. The highest BCUT2D eigenvalue weighted by Crippen LogP contribution is 2.32. The summed E-state index contributed by atoms with van der Waals surface area (Å²) in [6.45, 7) is 3.67. The van der Waals surface area contributed by atoms with Crippen molar-refractivity contribution in [2.24, 2.45) is 12.0 Å². The van der Waals surface area contributed by atoms with E-state index in [-0.39, 0.29) is 5.56 Å². The third kappa shape index (κ3) is 3.37. The number of carbonyl (C=O) groups excluding carboxylic acids is 1. The van der Waals surface area contributed by atoms with Crippen LogP contribution in [-0.4, -0.2) is 27.4 Å². The van der Waals surface area contributed by atoms with Gasteiger partial charge in [0.05, 0.1) is 29.1 Å². The number of hydrogen-bond acceptors (Lipinski definition) is 6. The van der Waals surface area contributed by atoms with Crippen LogP contribution < -0.4 is 14.9 Å². The molecule has 3 aromatic rings. The summed E-state index contributed by atoms with van der Waals surface area (Å²) in [4.78, 5) is 31.2. The fraction of sp³-hybridized carbons (Fsp3) is 0.238. The summed E-state index contributed by atoms with van der Waals surface area (Å²) in [6, 6.07) is 7.05. The lowest BCUT2D eigenvalue weighted by Gasteiger charge is -2.23. The summed E-state index contributed by atoms with van der Waals surface area (Å²) in [6.07, 6.45) is 3.52. The number of ether oxygens (including phenoxy) is 1. The van der Waals surface area contributed by atoms with Crippen molar-refractivity contribution in [1.29, 1.82) is 0 Å². The van der Waals surface area contributed by atoms with Gasteiger partial charge in [0, 0.05) is 22.8 Å². The number of aryl methyl sites for hydroxylation is 1. The van der Waals surface area contributed by atoms with Crippen molar-refractivity contribution in [3.8, 4) is 0 Å². The number of esters is 1. The standard InChI is InChI=1S/C21H19BrN4O3S/c1-11-17(20(28)29-4)18(15-10-23-25(3)12(15)2)26-19(27)16(30-21(26)24-11)9-13-5-7-14(22)8-6-13/h5-10,18H,1-4H3/b16-9+/t18-/m0/s1. The Morgan fingerprint density at radius 3 is 2.57 bits per heavy atom. The van der Waals surface area contributed by atoms with Crippen LogP contribution in [0.1, 0.15) is 29.8 Å². The highest BCUT2D eigenvalue weighted by atomic mass is 79.9. The lowest BCUT2D eigenvalue weighted by Crippen LogP contribution is -2.40. The van der Waals surface area contributed by atoms with E-state index in [9.17, 15) is 9.59 Å². The summed E-state index contributed by atoms with van der Waals surface area (Å²) < 4.78 is 9.81. The van der Waals surface area contributed by atoms with Gasteiger partial charge in [0.1, 0.15) is 6.04 Å². The molecule has 0 saturated carbocycles. The lowest BCUT2D eigenvalue weighted by atomic mass is 9.96. The molecule has 0 N–H and O–H groups in total. The maximum absolute atomic E-state index is 13.4. The zero-order valence-electron chi connectivity index (χ0n) is 16.8. The smallest absolute Gasteiger partial charge is 0.338 e. The molecule has 0 aliphatic carbocycles. The molecule has 7 nitrogen and oxygen atoms in total. The van der Waals surface area contributed by atoms with E-state index in [1.54, 1.807) is 22.4 Å². The fourth-order valence-corrected chi connectivity index (χ4v) is 4.79. The molecule has 30 heavy (non-hydrogen) atoms. The van der Waals surface area contributed by atoms with Gasteiger partial charge in [-0.15, -0.1) is 0 Å². The van der Waals surface area contributed by atoms with Crippen molar-refractivity contribution in [3.05, 3.63) is 82.7 Å². The van der Waals surface area contributed by atoms with Crippen LogP contribution in [0.4, 0.5) is 0 Å². The Bertz CT molecular complexity index is 1360. The first kappa shape index (κ1) is 20.5. The first-order valence-corrected chi connectivity index (χ1v) is 10.8. The van der Waals surface area contributed by atoms with Gasteiger partial charge in [-0.25, -0.2) is 9.79 Å². The summed E-state index contributed by atoms with van der Waals surface area (Å²) in [5.41, 5.74) is 3.20. The van der Waals surface area contributed by atoms with Gasteiger partial charge in [-0.2, -0.15) is 5.10 Å². The van der Waals surface area contributed by atoms with Crippen LogP contribution in [0.25, 0.3) is 6.08 Å². The van der Waals surface area contributed by atoms with Gasteiger partial charge in [0.2, 0.25) is 0 Å². The van der Waals surface area contributed by atoms with Crippen molar-refractivity contribution in [1.82, 2.24) is 14.3 Å². The number of rotatable bonds is 3. The van der Waals surface area contributed by atoms with Gasteiger partial charge in [-0.3, -0.25) is 14.0 Å². The van der Waals surface area contributed by atoms with Crippen molar-refractivity contribution in [3.63, 3.8) is 0 Å². The molecule has 0 radical (unpaired) electrons. The Balaban J connectivity index is 1.99. The second kappa shape index (κ2) is 7.81. The highest BCUT2D eigenvalue weighted by Gasteiger charge is 2.34.